The van der Waals surface area contributed by atoms with Gasteiger partial charge in [-0.2, -0.15) is 0 Å². The van der Waals surface area contributed by atoms with Crippen molar-refractivity contribution in [3.8, 4) is 0 Å². The molecule has 0 aromatic heterocycles. The maximum absolute atomic E-state index is 10.6. The number of hydrogen-bond donors (Lipinski definition) is 1. The third kappa shape index (κ3) is 7.27. The zero-order valence-electron chi connectivity index (χ0n) is 9.42. The van der Waals surface area contributed by atoms with Crippen molar-refractivity contribution in [2.24, 2.45) is 5.92 Å². The molecule has 1 aliphatic rings. The molecular weight excluding hydrogens is 194 g/mol. The summed E-state index contributed by atoms with van der Waals surface area (Å²) in [6.45, 7) is 6.75. The molecule has 0 atom stereocenters. The van der Waals surface area contributed by atoms with Gasteiger partial charge in [-0.15, -0.1) is 0 Å². The van der Waals surface area contributed by atoms with Crippen LogP contribution in [0.3, 0.4) is 0 Å². The van der Waals surface area contributed by atoms with Crippen LogP contribution in [-0.4, -0.2) is 18.2 Å². The molecule has 1 fully saturated rings. The van der Waals surface area contributed by atoms with Gasteiger partial charge in [0.15, 0.2) is 0 Å². The lowest BCUT2D eigenvalue weighted by Gasteiger charge is -2.22. The van der Waals surface area contributed by atoms with Gasteiger partial charge in [-0.3, -0.25) is 0 Å². The summed E-state index contributed by atoms with van der Waals surface area (Å²) in [6.07, 6.45) is 5.78. The number of hydrogen-bond acceptors (Lipinski definition) is 2. The molecule has 0 aromatic rings. The van der Waals surface area contributed by atoms with E-state index in [1.165, 1.54) is 32.4 Å². The van der Waals surface area contributed by atoms with Crippen molar-refractivity contribution in [2.75, 3.05) is 13.1 Å². The van der Waals surface area contributed by atoms with Crippen molar-refractivity contribution in [1.29, 1.82) is 0 Å². The summed E-state index contributed by atoms with van der Waals surface area (Å²) >= 11 is 4.56. The van der Waals surface area contributed by atoms with Gasteiger partial charge in [0.2, 0.25) is 0 Å². The van der Waals surface area contributed by atoms with Crippen molar-refractivity contribution < 1.29 is 10.1 Å². The van der Waals surface area contributed by atoms with Crippen LogP contribution >= 0.6 is 0 Å². The highest BCUT2D eigenvalue weighted by atomic mass is 32.1. The molecule has 0 aliphatic heterocycles. The topological polar surface area (TPSA) is 33.7 Å². The largest absolute Gasteiger partial charge is 0.742 e. The van der Waals surface area contributed by atoms with Crippen LogP contribution in [0.2, 0.25) is 0 Å². The number of carbonyl (C=O) groups is 1. The van der Waals surface area contributed by atoms with E-state index >= 15 is 0 Å². The summed E-state index contributed by atoms with van der Waals surface area (Å²) in [7, 11) is 0. The number of rotatable bonds is 3. The highest BCUT2D eigenvalue weighted by molar-refractivity contribution is 7.77. The predicted octanol–water partition coefficient (Wildman–Crippen LogP) is 1.23. The Bertz CT molecular complexity index is 142. The zero-order chi connectivity index (χ0) is 10.8. The van der Waals surface area contributed by atoms with Gasteiger partial charge >= 0.3 is 0 Å². The SMILES string of the molecule is CC[NH2+]CC.O=C([S-])C1CCCCC1. The molecule has 0 aromatic carbocycles. The molecule has 2 N–H and O–H groups in total. The molecule has 0 amide bonds. The van der Waals surface area contributed by atoms with Gasteiger partial charge in [-0.1, -0.05) is 19.3 Å². The van der Waals surface area contributed by atoms with Crippen molar-refractivity contribution >= 4 is 17.7 Å². The Kier molecular flexibility index (Phi) is 9.31. The normalized spacial score (nSPS) is 17.0. The summed E-state index contributed by atoms with van der Waals surface area (Å²) in [5, 5.41) is 2.23. The van der Waals surface area contributed by atoms with Crippen LogP contribution in [0.25, 0.3) is 0 Å². The van der Waals surface area contributed by atoms with Crippen LogP contribution < -0.4 is 5.32 Å². The van der Waals surface area contributed by atoms with E-state index in [0.717, 1.165) is 12.8 Å². The van der Waals surface area contributed by atoms with E-state index < -0.39 is 0 Å². The Morgan fingerprint density at radius 2 is 1.71 bits per heavy atom. The minimum atomic E-state index is -0.0188. The van der Waals surface area contributed by atoms with Crippen LogP contribution in [0.4, 0.5) is 0 Å². The van der Waals surface area contributed by atoms with E-state index in [4.69, 9.17) is 0 Å². The quantitative estimate of drug-likeness (QED) is 0.721. The molecule has 0 heterocycles. The first-order valence-corrected chi connectivity index (χ1v) is 6.15. The summed E-state index contributed by atoms with van der Waals surface area (Å²) in [5.74, 6) is 0.230. The molecule has 0 saturated heterocycles. The fourth-order valence-electron chi connectivity index (χ4n) is 1.63. The van der Waals surface area contributed by atoms with Crippen molar-refractivity contribution in [2.45, 2.75) is 46.0 Å². The Morgan fingerprint density at radius 1 is 1.21 bits per heavy atom. The van der Waals surface area contributed by atoms with Crippen LogP contribution in [0, 0.1) is 5.92 Å². The summed E-state index contributed by atoms with van der Waals surface area (Å²) in [5.41, 5.74) is 0. The van der Waals surface area contributed by atoms with E-state index in [-0.39, 0.29) is 11.0 Å². The van der Waals surface area contributed by atoms with Gasteiger partial charge in [-0.05, 0) is 32.6 Å². The molecule has 1 saturated carbocycles. The Morgan fingerprint density at radius 3 is 1.93 bits per heavy atom. The molecule has 1 rings (SSSR count). The number of carbonyl (C=O) groups excluding carboxylic acids is 1. The fourth-order valence-corrected chi connectivity index (χ4v) is 1.86. The van der Waals surface area contributed by atoms with E-state index in [2.05, 4.69) is 31.8 Å². The monoisotopic (exact) mass is 217 g/mol. The average molecular weight is 217 g/mol. The average Bonchev–Trinajstić information content (AvgIpc) is 2.21. The third-order valence-electron chi connectivity index (χ3n) is 2.52. The second-order valence-corrected chi connectivity index (χ2v) is 4.16. The summed E-state index contributed by atoms with van der Waals surface area (Å²) in [6, 6.07) is 0. The second kappa shape index (κ2) is 9.41. The molecule has 1 aliphatic carbocycles. The van der Waals surface area contributed by atoms with E-state index in [1.807, 2.05) is 0 Å². The van der Waals surface area contributed by atoms with Gasteiger partial charge < -0.3 is 22.7 Å². The van der Waals surface area contributed by atoms with Crippen molar-refractivity contribution in [3.05, 3.63) is 0 Å². The van der Waals surface area contributed by atoms with Crippen LogP contribution in [-0.2, 0) is 17.4 Å². The Labute approximate surface area is 93.3 Å². The van der Waals surface area contributed by atoms with Gasteiger partial charge in [0.25, 0.3) is 0 Å². The maximum atomic E-state index is 10.6. The van der Waals surface area contributed by atoms with E-state index in [1.54, 1.807) is 0 Å². The lowest BCUT2D eigenvalue weighted by Crippen LogP contribution is -2.82. The van der Waals surface area contributed by atoms with E-state index in [0.29, 0.717) is 0 Å². The molecule has 0 spiro atoms. The minimum absolute atomic E-state index is 0.0188. The third-order valence-corrected chi connectivity index (χ3v) is 2.85. The highest BCUT2D eigenvalue weighted by Crippen LogP contribution is 2.23. The van der Waals surface area contributed by atoms with Crippen LogP contribution in [0.1, 0.15) is 46.0 Å². The molecule has 2 nitrogen and oxygen atoms in total. The van der Waals surface area contributed by atoms with Crippen molar-refractivity contribution in [1.82, 2.24) is 0 Å². The van der Waals surface area contributed by atoms with Crippen LogP contribution in [0.5, 0.6) is 0 Å². The standard InChI is InChI=1S/C7H12OS.C4H11N/c8-7(9)6-4-2-1-3-5-6;1-3-5-4-2/h6H,1-5H2,(H,8,9);5H,3-4H2,1-2H3. The smallest absolute Gasteiger partial charge is 0.0726 e. The number of nitrogens with two attached hydrogens (primary N) is 1. The Balaban J connectivity index is 0.000000292. The minimum Gasteiger partial charge on any atom is -0.742 e. The molecule has 0 radical (unpaired) electrons. The zero-order valence-corrected chi connectivity index (χ0v) is 10.2. The first kappa shape index (κ1) is 13.8. The van der Waals surface area contributed by atoms with Crippen molar-refractivity contribution in [3.63, 3.8) is 0 Å². The van der Waals surface area contributed by atoms with Gasteiger partial charge in [-0.25, -0.2) is 0 Å². The molecule has 14 heavy (non-hydrogen) atoms. The Hall–Kier alpha value is -0.150. The summed E-state index contributed by atoms with van der Waals surface area (Å²) in [4.78, 5) is 10.6. The first-order valence-electron chi connectivity index (χ1n) is 5.74. The van der Waals surface area contributed by atoms with E-state index in [9.17, 15) is 4.79 Å². The molecular formula is C11H23NOS. The molecule has 3 heteroatoms. The lowest BCUT2D eigenvalue weighted by atomic mass is 9.90. The summed E-state index contributed by atoms with van der Waals surface area (Å²) < 4.78 is 0. The van der Waals surface area contributed by atoms with Crippen LogP contribution in [0.15, 0.2) is 0 Å². The molecule has 84 valence electrons. The second-order valence-electron chi connectivity index (χ2n) is 3.76. The van der Waals surface area contributed by atoms with Gasteiger partial charge in [0.1, 0.15) is 0 Å². The first-order chi connectivity index (χ1) is 6.72. The van der Waals surface area contributed by atoms with Gasteiger partial charge in [0.05, 0.1) is 13.1 Å². The maximum Gasteiger partial charge on any atom is 0.0726 e. The highest BCUT2D eigenvalue weighted by Gasteiger charge is 2.12. The lowest BCUT2D eigenvalue weighted by molar-refractivity contribution is -0.648. The predicted molar refractivity (Wildman–Crippen MR) is 62.0 cm³/mol. The van der Waals surface area contributed by atoms with Gasteiger partial charge in [0, 0.05) is 5.12 Å². The molecule has 0 unspecified atom stereocenters. The number of quaternary nitrogens is 1. The fraction of sp³-hybridized carbons (Fsp3) is 0.909. The molecule has 0 bridgehead atoms.